The third kappa shape index (κ3) is 3.70. The lowest BCUT2D eigenvalue weighted by atomic mass is 10.0. The van der Waals surface area contributed by atoms with Crippen molar-refractivity contribution in [2.24, 2.45) is 0 Å². The minimum Gasteiger partial charge on any atom is -0.490 e. The smallest absolute Gasteiger partial charge is 0.329 e. The molecule has 1 unspecified atom stereocenters. The molecule has 0 saturated carbocycles. The van der Waals surface area contributed by atoms with E-state index in [9.17, 15) is 4.79 Å². The Bertz CT molecular complexity index is 425. The Balaban J connectivity index is 2.85. The van der Waals surface area contributed by atoms with E-state index in [2.05, 4.69) is 5.32 Å². The van der Waals surface area contributed by atoms with E-state index in [1.54, 1.807) is 6.92 Å². The standard InChI is InChI=1S/C15H23NO3/c1-6-16-15(4,14(17)18-5)10-19-13-11(2)8-7-9-12(13)3/h7-9,16H,6,10H2,1-5H3. The number of esters is 1. The van der Waals surface area contributed by atoms with Gasteiger partial charge in [-0.1, -0.05) is 25.1 Å². The van der Waals surface area contributed by atoms with Gasteiger partial charge in [0.05, 0.1) is 7.11 Å². The Hall–Kier alpha value is -1.55. The van der Waals surface area contributed by atoms with E-state index >= 15 is 0 Å². The second-order valence-electron chi connectivity index (χ2n) is 4.86. The first kappa shape index (κ1) is 15.5. The molecule has 1 rings (SSSR count). The molecule has 1 atom stereocenters. The number of ether oxygens (including phenoxy) is 2. The zero-order chi connectivity index (χ0) is 14.5. The second kappa shape index (κ2) is 6.57. The fourth-order valence-corrected chi connectivity index (χ4v) is 2.04. The lowest BCUT2D eigenvalue weighted by Crippen LogP contribution is -2.54. The van der Waals surface area contributed by atoms with E-state index in [4.69, 9.17) is 9.47 Å². The molecule has 0 radical (unpaired) electrons. The van der Waals surface area contributed by atoms with Gasteiger partial charge >= 0.3 is 5.97 Å². The maximum absolute atomic E-state index is 11.9. The predicted molar refractivity (Wildman–Crippen MR) is 75.5 cm³/mol. The largest absolute Gasteiger partial charge is 0.490 e. The summed E-state index contributed by atoms with van der Waals surface area (Å²) in [5, 5.41) is 3.12. The van der Waals surface area contributed by atoms with Gasteiger partial charge in [-0.2, -0.15) is 0 Å². The van der Waals surface area contributed by atoms with Gasteiger partial charge in [0.25, 0.3) is 0 Å². The number of aryl methyl sites for hydroxylation is 2. The zero-order valence-electron chi connectivity index (χ0n) is 12.4. The van der Waals surface area contributed by atoms with Gasteiger partial charge in [0.2, 0.25) is 0 Å². The van der Waals surface area contributed by atoms with Crippen molar-refractivity contribution in [3.8, 4) is 5.75 Å². The number of carbonyl (C=O) groups excluding carboxylic acids is 1. The molecule has 0 aromatic heterocycles. The number of methoxy groups -OCH3 is 1. The Labute approximate surface area is 115 Å². The molecule has 0 fully saturated rings. The SMILES string of the molecule is CCNC(C)(COc1c(C)cccc1C)C(=O)OC. The van der Waals surface area contributed by atoms with E-state index in [0.29, 0.717) is 6.54 Å². The molecule has 106 valence electrons. The van der Waals surface area contributed by atoms with Crippen molar-refractivity contribution in [1.82, 2.24) is 5.32 Å². The molecule has 1 aromatic rings. The number of hydrogen-bond acceptors (Lipinski definition) is 4. The van der Waals surface area contributed by atoms with Crippen LogP contribution in [0.4, 0.5) is 0 Å². The van der Waals surface area contributed by atoms with Crippen molar-refractivity contribution in [2.75, 3.05) is 20.3 Å². The second-order valence-corrected chi connectivity index (χ2v) is 4.86. The number of rotatable bonds is 6. The Morgan fingerprint density at radius 2 is 1.89 bits per heavy atom. The summed E-state index contributed by atoms with van der Waals surface area (Å²) in [5.74, 6) is 0.510. The predicted octanol–water partition coefficient (Wildman–Crippen LogP) is 2.22. The first-order valence-electron chi connectivity index (χ1n) is 6.47. The summed E-state index contributed by atoms with van der Waals surface area (Å²) >= 11 is 0. The number of likely N-dealkylation sites (N-methyl/N-ethyl adjacent to an activating group) is 1. The van der Waals surface area contributed by atoms with Crippen LogP contribution < -0.4 is 10.1 Å². The molecule has 0 aliphatic carbocycles. The molecule has 0 saturated heterocycles. The lowest BCUT2D eigenvalue weighted by molar-refractivity contribution is -0.149. The normalized spacial score (nSPS) is 13.7. The molecule has 0 amide bonds. The first-order chi connectivity index (χ1) is 8.94. The summed E-state index contributed by atoms with van der Waals surface area (Å²) in [5.41, 5.74) is 1.28. The molecule has 19 heavy (non-hydrogen) atoms. The van der Waals surface area contributed by atoms with E-state index in [-0.39, 0.29) is 12.6 Å². The van der Waals surface area contributed by atoms with Crippen molar-refractivity contribution < 1.29 is 14.3 Å². The summed E-state index contributed by atoms with van der Waals surface area (Å²) in [7, 11) is 1.39. The molecule has 0 aliphatic heterocycles. The Morgan fingerprint density at radius 1 is 1.32 bits per heavy atom. The minimum absolute atomic E-state index is 0.235. The number of para-hydroxylation sites is 1. The van der Waals surface area contributed by atoms with Crippen LogP contribution in [0.25, 0.3) is 0 Å². The molecule has 0 spiro atoms. The average Bonchev–Trinajstić information content (AvgIpc) is 2.37. The van der Waals surface area contributed by atoms with Crippen molar-refractivity contribution in [2.45, 2.75) is 33.2 Å². The summed E-state index contributed by atoms with van der Waals surface area (Å²) in [6.07, 6.45) is 0. The topological polar surface area (TPSA) is 47.6 Å². The average molecular weight is 265 g/mol. The van der Waals surface area contributed by atoms with E-state index in [0.717, 1.165) is 16.9 Å². The maximum Gasteiger partial charge on any atom is 0.329 e. The number of nitrogens with one attached hydrogen (secondary N) is 1. The van der Waals surface area contributed by atoms with Crippen LogP contribution >= 0.6 is 0 Å². The molecule has 0 aliphatic rings. The summed E-state index contributed by atoms with van der Waals surface area (Å²) in [6, 6.07) is 5.97. The minimum atomic E-state index is -0.835. The molecule has 1 aromatic carbocycles. The summed E-state index contributed by atoms with van der Waals surface area (Å²) in [6.45, 7) is 8.62. The highest BCUT2D eigenvalue weighted by atomic mass is 16.5. The van der Waals surface area contributed by atoms with Crippen molar-refractivity contribution in [3.63, 3.8) is 0 Å². The van der Waals surface area contributed by atoms with Crippen LogP contribution in [0, 0.1) is 13.8 Å². The highest BCUT2D eigenvalue weighted by molar-refractivity contribution is 5.80. The van der Waals surface area contributed by atoms with Gasteiger partial charge < -0.3 is 9.47 Å². The third-order valence-corrected chi connectivity index (χ3v) is 3.12. The third-order valence-electron chi connectivity index (χ3n) is 3.12. The quantitative estimate of drug-likeness (QED) is 0.801. The molecular formula is C15H23NO3. The molecule has 4 nitrogen and oxygen atoms in total. The zero-order valence-corrected chi connectivity index (χ0v) is 12.4. The highest BCUT2D eigenvalue weighted by Gasteiger charge is 2.34. The number of hydrogen-bond donors (Lipinski definition) is 1. The van der Waals surface area contributed by atoms with Gasteiger partial charge in [-0.3, -0.25) is 5.32 Å². The maximum atomic E-state index is 11.9. The van der Waals surface area contributed by atoms with Gasteiger partial charge in [0, 0.05) is 0 Å². The number of benzene rings is 1. The van der Waals surface area contributed by atoms with Gasteiger partial charge in [-0.25, -0.2) is 4.79 Å². The van der Waals surface area contributed by atoms with Crippen molar-refractivity contribution in [3.05, 3.63) is 29.3 Å². The van der Waals surface area contributed by atoms with Crippen molar-refractivity contribution >= 4 is 5.97 Å². The first-order valence-corrected chi connectivity index (χ1v) is 6.47. The van der Waals surface area contributed by atoms with Crippen LogP contribution in [-0.2, 0) is 9.53 Å². The van der Waals surface area contributed by atoms with Crippen LogP contribution in [0.1, 0.15) is 25.0 Å². The molecule has 0 heterocycles. The Kier molecular flexibility index (Phi) is 5.36. The Morgan fingerprint density at radius 3 is 2.37 bits per heavy atom. The van der Waals surface area contributed by atoms with Crippen LogP contribution in [0.5, 0.6) is 5.75 Å². The van der Waals surface area contributed by atoms with E-state index < -0.39 is 5.54 Å². The summed E-state index contributed by atoms with van der Waals surface area (Å²) < 4.78 is 10.7. The fourth-order valence-electron chi connectivity index (χ4n) is 2.04. The van der Waals surface area contributed by atoms with E-state index in [1.165, 1.54) is 7.11 Å². The van der Waals surface area contributed by atoms with Gasteiger partial charge in [-0.05, 0) is 38.4 Å². The molecule has 0 bridgehead atoms. The van der Waals surface area contributed by atoms with Gasteiger partial charge in [-0.15, -0.1) is 0 Å². The molecule has 1 N–H and O–H groups in total. The van der Waals surface area contributed by atoms with Crippen LogP contribution in [0.15, 0.2) is 18.2 Å². The van der Waals surface area contributed by atoms with Crippen LogP contribution in [0.3, 0.4) is 0 Å². The molecule has 4 heteroatoms. The fraction of sp³-hybridized carbons (Fsp3) is 0.533. The summed E-state index contributed by atoms with van der Waals surface area (Å²) in [4.78, 5) is 11.9. The number of carbonyl (C=O) groups is 1. The van der Waals surface area contributed by atoms with Gasteiger partial charge in [0.1, 0.15) is 17.9 Å². The monoisotopic (exact) mass is 265 g/mol. The highest BCUT2D eigenvalue weighted by Crippen LogP contribution is 2.23. The van der Waals surface area contributed by atoms with E-state index in [1.807, 2.05) is 39.0 Å². The molecular weight excluding hydrogens is 242 g/mol. The van der Waals surface area contributed by atoms with Crippen molar-refractivity contribution in [1.29, 1.82) is 0 Å². The van der Waals surface area contributed by atoms with Gasteiger partial charge in [0.15, 0.2) is 0 Å². The lowest BCUT2D eigenvalue weighted by Gasteiger charge is -2.28. The van der Waals surface area contributed by atoms with Crippen LogP contribution in [0.2, 0.25) is 0 Å². The van der Waals surface area contributed by atoms with Crippen LogP contribution in [-0.4, -0.2) is 31.8 Å².